The molecule has 7 heteroatoms. The number of thiocarbonyl (C=S) groups is 1. The van der Waals surface area contributed by atoms with Crippen LogP contribution >= 0.6 is 12.2 Å². The predicted molar refractivity (Wildman–Crippen MR) is 158 cm³/mol. The number of anilines is 3. The van der Waals surface area contributed by atoms with E-state index in [2.05, 4.69) is 127 Å². The van der Waals surface area contributed by atoms with E-state index in [-0.39, 0.29) is 12.1 Å². The molecule has 0 radical (unpaired) electrons. The molecular formula is C30H34N6S. The third-order valence-electron chi connectivity index (χ3n) is 7.16. The molecule has 4 aromatic rings. The molecule has 0 bridgehead atoms. The van der Waals surface area contributed by atoms with Crippen LogP contribution in [-0.2, 0) is 0 Å². The van der Waals surface area contributed by atoms with E-state index in [1.807, 2.05) is 18.3 Å². The van der Waals surface area contributed by atoms with Gasteiger partial charge in [0, 0.05) is 68.5 Å². The van der Waals surface area contributed by atoms with Gasteiger partial charge in [-0.25, -0.2) is 0 Å². The van der Waals surface area contributed by atoms with Crippen molar-refractivity contribution >= 4 is 34.4 Å². The second-order valence-electron chi connectivity index (χ2n) is 9.98. The Balaban J connectivity index is 1.62. The van der Waals surface area contributed by atoms with Gasteiger partial charge in [0.05, 0.1) is 17.8 Å². The Labute approximate surface area is 225 Å². The Morgan fingerprint density at radius 2 is 1.41 bits per heavy atom. The molecular weight excluding hydrogens is 476 g/mol. The fraction of sp³-hybridized carbons (Fsp3) is 0.267. The van der Waals surface area contributed by atoms with Crippen molar-refractivity contribution in [3.8, 4) is 5.69 Å². The highest BCUT2D eigenvalue weighted by Gasteiger charge is 2.42. The van der Waals surface area contributed by atoms with Gasteiger partial charge in [-0.2, -0.15) is 0 Å². The summed E-state index contributed by atoms with van der Waals surface area (Å²) in [5, 5.41) is 4.30. The average Bonchev–Trinajstić information content (AvgIpc) is 3.39. The van der Waals surface area contributed by atoms with Crippen LogP contribution < -0.4 is 20.0 Å². The molecule has 3 heterocycles. The SMILES string of the molecule is Cc1cc(C2C(c3ccccn3)NC(=S)N2c2ccc(N(C)C)cc2)c(C)n1-c1ccc(N(C)C)cc1. The summed E-state index contributed by atoms with van der Waals surface area (Å²) < 4.78 is 2.33. The molecule has 0 amide bonds. The zero-order valence-electron chi connectivity index (χ0n) is 22.3. The zero-order chi connectivity index (χ0) is 26.3. The first-order valence-electron chi connectivity index (χ1n) is 12.5. The van der Waals surface area contributed by atoms with Gasteiger partial charge in [0.1, 0.15) is 0 Å². The maximum absolute atomic E-state index is 5.94. The van der Waals surface area contributed by atoms with Crippen LogP contribution in [0, 0.1) is 13.8 Å². The Morgan fingerprint density at radius 3 is 1.95 bits per heavy atom. The van der Waals surface area contributed by atoms with Gasteiger partial charge in [-0.05, 0) is 98.4 Å². The van der Waals surface area contributed by atoms with E-state index in [1.165, 1.54) is 22.6 Å². The first kappa shape index (κ1) is 24.8. The van der Waals surface area contributed by atoms with Crippen molar-refractivity contribution in [1.29, 1.82) is 0 Å². The summed E-state index contributed by atoms with van der Waals surface area (Å²) in [6.45, 7) is 4.37. The van der Waals surface area contributed by atoms with Gasteiger partial charge >= 0.3 is 0 Å². The molecule has 5 rings (SSSR count). The van der Waals surface area contributed by atoms with Crippen LogP contribution in [0.1, 0.15) is 34.7 Å². The molecule has 2 aromatic heterocycles. The second-order valence-corrected chi connectivity index (χ2v) is 10.4. The summed E-state index contributed by atoms with van der Waals surface area (Å²) in [7, 11) is 8.23. The van der Waals surface area contributed by atoms with E-state index in [9.17, 15) is 0 Å². The maximum atomic E-state index is 5.94. The Bertz CT molecular complexity index is 1390. The molecule has 0 spiro atoms. The Morgan fingerprint density at radius 1 is 0.811 bits per heavy atom. The number of hydrogen-bond acceptors (Lipinski definition) is 4. The monoisotopic (exact) mass is 510 g/mol. The Kier molecular flexibility index (Phi) is 6.65. The van der Waals surface area contributed by atoms with Gasteiger partial charge in [-0.3, -0.25) is 4.98 Å². The number of nitrogens with one attached hydrogen (secondary N) is 1. The lowest BCUT2D eigenvalue weighted by molar-refractivity contribution is 0.565. The molecule has 0 aliphatic carbocycles. The van der Waals surface area contributed by atoms with E-state index in [4.69, 9.17) is 17.2 Å². The van der Waals surface area contributed by atoms with Crippen molar-refractivity contribution in [3.63, 3.8) is 0 Å². The third-order valence-corrected chi connectivity index (χ3v) is 7.47. The van der Waals surface area contributed by atoms with Crippen LogP contribution in [0.4, 0.5) is 17.1 Å². The lowest BCUT2D eigenvalue weighted by Crippen LogP contribution is -2.29. The summed E-state index contributed by atoms with van der Waals surface area (Å²) in [6.07, 6.45) is 1.85. The van der Waals surface area contributed by atoms with Crippen molar-refractivity contribution in [2.45, 2.75) is 25.9 Å². The van der Waals surface area contributed by atoms with Crippen LogP contribution in [0.5, 0.6) is 0 Å². The van der Waals surface area contributed by atoms with Gasteiger partial charge in [0.15, 0.2) is 5.11 Å². The highest BCUT2D eigenvalue weighted by atomic mass is 32.1. The molecule has 2 unspecified atom stereocenters. The third kappa shape index (κ3) is 4.55. The molecule has 1 aliphatic rings. The number of rotatable bonds is 6. The molecule has 1 N–H and O–H groups in total. The van der Waals surface area contributed by atoms with E-state index in [0.29, 0.717) is 5.11 Å². The normalized spacial score (nSPS) is 17.1. The van der Waals surface area contributed by atoms with Crippen LogP contribution in [0.2, 0.25) is 0 Å². The maximum Gasteiger partial charge on any atom is 0.174 e. The van der Waals surface area contributed by atoms with Gasteiger partial charge < -0.3 is 24.6 Å². The fourth-order valence-electron chi connectivity index (χ4n) is 5.24. The lowest BCUT2D eigenvalue weighted by atomic mass is 9.96. The van der Waals surface area contributed by atoms with Crippen LogP contribution in [0.3, 0.4) is 0 Å². The minimum atomic E-state index is -0.0766. The number of aryl methyl sites for hydroxylation is 1. The summed E-state index contributed by atoms with van der Waals surface area (Å²) in [4.78, 5) is 11.2. The smallest absolute Gasteiger partial charge is 0.174 e. The van der Waals surface area contributed by atoms with Crippen LogP contribution in [0.25, 0.3) is 5.69 Å². The zero-order valence-corrected chi connectivity index (χ0v) is 23.1. The van der Waals surface area contributed by atoms with E-state index in [0.717, 1.165) is 22.8 Å². The molecule has 2 atom stereocenters. The van der Waals surface area contributed by atoms with Gasteiger partial charge in [0.2, 0.25) is 0 Å². The second kappa shape index (κ2) is 9.90. The number of pyridine rings is 1. The minimum Gasteiger partial charge on any atom is -0.378 e. The number of aromatic nitrogens is 2. The topological polar surface area (TPSA) is 39.6 Å². The molecule has 1 fully saturated rings. The van der Waals surface area contributed by atoms with Crippen molar-refractivity contribution in [3.05, 3.63) is 102 Å². The molecule has 190 valence electrons. The summed E-state index contributed by atoms with van der Waals surface area (Å²) >= 11 is 5.94. The standard InChI is InChI=1S/C30H34N6S/c1-20-19-26(21(2)35(20)24-14-10-22(11-15-24)33(3)4)29-28(27-9-7-8-18-31-27)32-30(37)36(29)25-16-12-23(13-17-25)34(5)6/h7-19,28-29H,1-6H3,(H,32,37). The van der Waals surface area contributed by atoms with Gasteiger partial charge in [-0.15, -0.1) is 0 Å². The first-order valence-corrected chi connectivity index (χ1v) is 12.9. The number of hydrogen-bond donors (Lipinski definition) is 1. The Hall–Kier alpha value is -3.84. The van der Waals surface area contributed by atoms with Gasteiger partial charge in [0.25, 0.3) is 0 Å². The first-order chi connectivity index (χ1) is 17.8. The van der Waals surface area contributed by atoms with Crippen molar-refractivity contribution in [2.24, 2.45) is 0 Å². The van der Waals surface area contributed by atoms with Crippen molar-refractivity contribution < 1.29 is 0 Å². The van der Waals surface area contributed by atoms with Crippen LogP contribution in [-0.4, -0.2) is 42.9 Å². The highest BCUT2D eigenvalue weighted by molar-refractivity contribution is 7.80. The fourth-order valence-corrected chi connectivity index (χ4v) is 5.59. The average molecular weight is 511 g/mol. The van der Waals surface area contributed by atoms with E-state index >= 15 is 0 Å². The number of nitrogens with zero attached hydrogens (tertiary/aromatic N) is 5. The summed E-state index contributed by atoms with van der Waals surface area (Å²) in [6, 6.07) is 25.5. The van der Waals surface area contributed by atoms with E-state index < -0.39 is 0 Å². The molecule has 2 aromatic carbocycles. The molecule has 6 nitrogen and oxygen atoms in total. The molecule has 1 saturated heterocycles. The highest BCUT2D eigenvalue weighted by Crippen LogP contribution is 2.44. The summed E-state index contributed by atoms with van der Waals surface area (Å²) in [5.74, 6) is 0. The van der Waals surface area contributed by atoms with Crippen molar-refractivity contribution in [1.82, 2.24) is 14.9 Å². The van der Waals surface area contributed by atoms with E-state index in [1.54, 1.807) is 0 Å². The quantitative estimate of drug-likeness (QED) is 0.331. The predicted octanol–water partition coefficient (Wildman–Crippen LogP) is 5.80. The minimum absolute atomic E-state index is 0.0476. The summed E-state index contributed by atoms with van der Waals surface area (Å²) in [5.41, 5.74) is 9.13. The largest absolute Gasteiger partial charge is 0.378 e. The molecule has 0 saturated carbocycles. The molecule has 1 aliphatic heterocycles. The number of benzene rings is 2. The van der Waals surface area contributed by atoms with Crippen molar-refractivity contribution in [2.75, 3.05) is 42.9 Å². The lowest BCUT2D eigenvalue weighted by Gasteiger charge is -2.28. The van der Waals surface area contributed by atoms with Crippen LogP contribution in [0.15, 0.2) is 79.0 Å². The van der Waals surface area contributed by atoms with Gasteiger partial charge in [-0.1, -0.05) is 6.07 Å². The molecule has 37 heavy (non-hydrogen) atoms.